The van der Waals surface area contributed by atoms with Crippen LogP contribution in [-0.4, -0.2) is 30.7 Å². The summed E-state index contributed by atoms with van der Waals surface area (Å²) in [5, 5.41) is 13.8. The van der Waals surface area contributed by atoms with E-state index in [1.165, 1.54) is 12.1 Å². The fourth-order valence-electron chi connectivity index (χ4n) is 1.49. The lowest BCUT2D eigenvalue weighted by Gasteiger charge is -2.09. The lowest BCUT2D eigenvalue weighted by molar-refractivity contribution is -0.385. The monoisotopic (exact) mass is 282 g/mol. The Labute approximate surface area is 117 Å². The minimum absolute atomic E-state index is 0.0415. The summed E-state index contributed by atoms with van der Waals surface area (Å²) >= 11 is 0. The topological polar surface area (TPSA) is 90.7 Å². The summed E-state index contributed by atoms with van der Waals surface area (Å²) in [6, 6.07) is 4.47. The van der Waals surface area contributed by atoms with Crippen LogP contribution in [0.4, 0.5) is 11.4 Å². The predicted molar refractivity (Wildman–Crippen MR) is 74.0 cm³/mol. The maximum Gasteiger partial charge on any atom is 0.325 e. The van der Waals surface area contributed by atoms with Crippen LogP contribution in [0.1, 0.15) is 20.3 Å². The first-order valence-corrected chi connectivity index (χ1v) is 6.39. The van der Waals surface area contributed by atoms with Crippen molar-refractivity contribution in [2.45, 2.75) is 20.3 Å². The van der Waals surface area contributed by atoms with E-state index in [0.717, 1.165) is 6.42 Å². The highest BCUT2D eigenvalue weighted by molar-refractivity contribution is 5.75. The molecule has 0 aliphatic carbocycles. The number of nitro benzene ring substituents is 1. The number of benzene rings is 1. The average Bonchev–Trinajstić information content (AvgIpc) is 2.43. The molecule has 0 aliphatic rings. The maximum atomic E-state index is 11.2. The number of nitro groups is 1. The first kappa shape index (κ1) is 15.7. The van der Waals surface area contributed by atoms with E-state index >= 15 is 0 Å². The second-order valence-corrected chi connectivity index (χ2v) is 3.95. The van der Waals surface area contributed by atoms with Gasteiger partial charge in [-0.3, -0.25) is 14.9 Å². The third-order valence-electron chi connectivity index (χ3n) is 2.36. The Morgan fingerprint density at radius 2 is 2.15 bits per heavy atom. The summed E-state index contributed by atoms with van der Waals surface area (Å²) in [6.45, 7) is 4.30. The lowest BCUT2D eigenvalue weighted by Crippen LogP contribution is -2.16. The molecule has 110 valence electrons. The molecular formula is C13H18N2O5. The molecular weight excluding hydrogens is 264 g/mol. The number of ether oxygens (including phenoxy) is 2. The van der Waals surface area contributed by atoms with Gasteiger partial charge in [-0.2, -0.15) is 0 Å². The molecule has 0 heterocycles. The second-order valence-electron chi connectivity index (χ2n) is 3.95. The molecule has 0 aliphatic heterocycles. The van der Waals surface area contributed by atoms with Gasteiger partial charge in [0, 0.05) is 11.8 Å². The molecule has 1 rings (SSSR count). The number of carbonyl (C=O) groups excluding carboxylic acids is 1. The van der Waals surface area contributed by atoms with Gasteiger partial charge in [0.2, 0.25) is 0 Å². The number of nitrogens with zero attached hydrogens (tertiary/aromatic N) is 1. The van der Waals surface area contributed by atoms with Crippen LogP contribution in [0.5, 0.6) is 5.75 Å². The summed E-state index contributed by atoms with van der Waals surface area (Å²) in [5.74, 6) is -0.194. The van der Waals surface area contributed by atoms with E-state index in [1.807, 2.05) is 6.92 Å². The quantitative estimate of drug-likeness (QED) is 0.447. The molecule has 0 fully saturated rings. The summed E-state index contributed by atoms with van der Waals surface area (Å²) in [4.78, 5) is 21.7. The van der Waals surface area contributed by atoms with Gasteiger partial charge in [0.1, 0.15) is 6.54 Å². The molecule has 0 radical (unpaired) electrons. The van der Waals surface area contributed by atoms with Crippen LogP contribution < -0.4 is 10.1 Å². The van der Waals surface area contributed by atoms with Crippen molar-refractivity contribution < 1.29 is 19.2 Å². The Hall–Kier alpha value is -2.31. The molecule has 0 bridgehead atoms. The standard InChI is InChI=1S/C13H18N2O5/c1-3-7-20-12-6-5-10(8-11(12)15(17)18)14-9-13(16)19-4-2/h5-6,8,14H,3-4,7,9H2,1-2H3. The normalized spacial score (nSPS) is 9.90. The number of rotatable bonds is 8. The largest absolute Gasteiger partial charge is 0.487 e. The van der Waals surface area contributed by atoms with Crippen molar-refractivity contribution in [2.24, 2.45) is 0 Å². The van der Waals surface area contributed by atoms with Crippen LogP contribution >= 0.6 is 0 Å². The highest BCUT2D eigenvalue weighted by atomic mass is 16.6. The second kappa shape index (κ2) is 7.98. The zero-order valence-corrected chi connectivity index (χ0v) is 11.5. The molecule has 20 heavy (non-hydrogen) atoms. The summed E-state index contributed by atoms with van der Waals surface area (Å²) in [7, 11) is 0. The van der Waals surface area contributed by atoms with Gasteiger partial charge in [-0.1, -0.05) is 6.92 Å². The van der Waals surface area contributed by atoms with Crippen LogP contribution in [0, 0.1) is 10.1 Å². The van der Waals surface area contributed by atoms with Crippen molar-refractivity contribution in [3.8, 4) is 5.75 Å². The van der Waals surface area contributed by atoms with Gasteiger partial charge < -0.3 is 14.8 Å². The molecule has 1 N–H and O–H groups in total. The predicted octanol–water partition coefficient (Wildman–Crippen LogP) is 2.36. The maximum absolute atomic E-state index is 11.2. The van der Waals surface area contributed by atoms with E-state index in [1.54, 1.807) is 13.0 Å². The smallest absolute Gasteiger partial charge is 0.325 e. The van der Waals surface area contributed by atoms with Crippen molar-refractivity contribution in [3.63, 3.8) is 0 Å². The fraction of sp³-hybridized carbons (Fsp3) is 0.462. The van der Waals surface area contributed by atoms with E-state index < -0.39 is 10.9 Å². The van der Waals surface area contributed by atoms with Gasteiger partial charge >= 0.3 is 11.7 Å². The number of carbonyl (C=O) groups is 1. The van der Waals surface area contributed by atoms with Crippen molar-refractivity contribution in [2.75, 3.05) is 25.1 Å². The minimum atomic E-state index is -0.513. The molecule has 0 aromatic heterocycles. The summed E-state index contributed by atoms with van der Waals surface area (Å²) in [6.07, 6.45) is 0.764. The molecule has 1 aromatic carbocycles. The van der Waals surface area contributed by atoms with Crippen molar-refractivity contribution in [1.82, 2.24) is 0 Å². The van der Waals surface area contributed by atoms with Crippen LogP contribution in [-0.2, 0) is 9.53 Å². The summed E-state index contributed by atoms with van der Waals surface area (Å²) in [5.41, 5.74) is 0.334. The van der Waals surface area contributed by atoms with Gasteiger partial charge in [0.25, 0.3) is 0 Å². The zero-order chi connectivity index (χ0) is 15.0. The molecule has 7 nitrogen and oxygen atoms in total. The van der Waals surface area contributed by atoms with E-state index in [2.05, 4.69) is 5.32 Å². The molecule has 0 spiro atoms. The van der Waals surface area contributed by atoms with Crippen molar-refractivity contribution in [1.29, 1.82) is 0 Å². The Bertz CT molecular complexity index is 476. The Kier molecular flexibility index (Phi) is 6.28. The average molecular weight is 282 g/mol. The molecule has 0 saturated heterocycles. The van der Waals surface area contributed by atoms with Gasteiger partial charge in [0.15, 0.2) is 5.75 Å². The number of hydrogen-bond acceptors (Lipinski definition) is 6. The molecule has 1 aromatic rings. The van der Waals surface area contributed by atoms with Gasteiger partial charge in [-0.05, 0) is 25.5 Å². The Morgan fingerprint density at radius 3 is 2.75 bits per heavy atom. The number of anilines is 1. The molecule has 0 saturated carbocycles. The van der Waals surface area contributed by atoms with E-state index in [9.17, 15) is 14.9 Å². The Balaban J connectivity index is 2.76. The molecule has 0 atom stereocenters. The fourth-order valence-corrected chi connectivity index (χ4v) is 1.49. The zero-order valence-electron chi connectivity index (χ0n) is 11.5. The highest BCUT2D eigenvalue weighted by Gasteiger charge is 2.16. The van der Waals surface area contributed by atoms with Gasteiger partial charge in [-0.15, -0.1) is 0 Å². The lowest BCUT2D eigenvalue weighted by atomic mass is 10.2. The van der Waals surface area contributed by atoms with Crippen LogP contribution in [0.3, 0.4) is 0 Å². The third-order valence-corrected chi connectivity index (χ3v) is 2.36. The number of hydrogen-bond donors (Lipinski definition) is 1. The van der Waals surface area contributed by atoms with E-state index in [4.69, 9.17) is 9.47 Å². The first-order valence-electron chi connectivity index (χ1n) is 6.39. The van der Waals surface area contributed by atoms with Crippen molar-refractivity contribution in [3.05, 3.63) is 28.3 Å². The van der Waals surface area contributed by atoms with Crippen LogP contribution in [0.15, 0.2) is 18.2 Å². The van der Waals surface area contributed by atoms with Gasteiger partial charge in [-0.25, -0.2) is 0 Å². The highest BCUT2D eigenvalue weighted by Crippen LogP contribution is 2.30. The Morgan fingerprint density at radius 1 is 1.40 bits per heavy atom. The van der Waals surface area contributed by atoms with Crippen LogP contribution in [0.2, 0.25) is 0 Å². The number of esters is 1. The first-order chi connectivity index (χ1) is 9.58. The van der Waals surface area contributed by atoms with Crippen LogP contribution in [0.25, 0.3) is 0 Å². The third kappa shape index (κ3) is 4.75. The SMILES string of the molecule is CCCOc1ccc(NCC(=O)OCC)cc1[N+](=O)[O-]. The van der Waals surface area contributed by atoms with E-state index in [-0.39, 0.29) is 18.0 Å². The molecule has 0 unspecified atom stereocenters. The van der Waals surface area contributed by atoms with Gasteiger partial charge in [0.05, 0.1) is 18.1 Å². The molecule has 7 heteroatoms. The van der Waals surface area contributed by atoms with Crippen molar-refractivity contribution >= 4 is 17.3 Å². The minimum Gasteiger partial charge on any atom is -0.487 e. The van der Waals surface area contributed by atoms with E-state index in [0.29, 0.717) is 18.9 Å². The number of nitrogens with one attached hydrogen (secondary N) is 1. The summed E-state index contributed by atoms with van der Waals surface area (Å²) < 4.78 is 10.1. The molecule has 0 amide bonds.